The van der Waals surface area contributed by atoms with E-state index in [0.29, 0.717) is 17.4 Å². The minimum Gasteiger partial charge on any atom is -0.384 e. The maximum atomic E-state index is 12.2. The monoisotopic (exact) mass is 257 g/mol. The second kappa shape index (κ2) is 5.72. The molecule has 0 unspecified atom stereocenters. The van der Waals surface area contributed by atoms with Crippen molar-refractivity contribution in [3.63, 3.8) is 0 Å². The summed E-state index contributed by atoms with van der Waals surface area (Å²) < 4.78 is 41.3. The minimum absolute atomic E-state index is 0.503. The second-order valence-corrected chi connectivity index (χ2v) is 4.72. The lowest BCUT2D eigenvalue weighted by Gasteiger charge is -2.00. The number of hydrogen-bond donors (Lipinski definition) is 0. The molecular weight excluding hydrogens is 247 g/mol. The molecule has 86 valence electrons. The fourth-order valence-corrected chi connectivity index (χ4v) is 2.58. The molecule has 0 radical (unpaired) electrons. The molecule has 0 aliphatic carbocycles. The molecule has 0 bridgehead atoms. The first kappa shape index (κ1) is 12.8. The maximum Gasteiger partial charge on any atom is 0.434 e. The number of nitrogens with zero attached hydrogens (tertiary/aromatic N) is 1. The number of alkyl halides is 3. The first-order chi connectivity index (χ1) is 7.04. The lowest BCUT2D eigenvalue weighted by atomic mass is 10.5. The van der Waals surface area contributed by atoms with Crippen molar-refractivity contribution in [3.05, 3.63) is 16.1 Å². The summed E-state index contributed by atoms with van der Waals surface area (Å²) in [5, 5.41) is 1.55. The van der Waals surface area contributed by atoms with Crippen molar-refractivity contribution in [2.45, 2.75) is 11.9 Å². The molecule has 0 saturated heterocycles. The summed E-state index contributed by atoms with van der Waals surface area (Å²) in [6, 6.07) is 0. The van der Waals surface area contributed by atoms with E-state index in [1.807, 2.05) is 0 Å². The van der Waals surface area contributed by atoms with Gasteiger partial charge in [0.05, 0.1) is 6.61 Å². The number of hydrogen-bond acceptors (Lipinski definition) is 4. The van der Waals surface area contributed by atoms with Gasteiger partial charge >= 0.3 is 6.18 Å². The van der Waals surface area contributed by atoms with E-state index < -0.39 is 11.9 Å². The SMILES string of the molecule is COCCSCc1nc(C(F)(F)F)cs1. The normalized spacial score (nSPS) is 12.0. The first-order valence-corrected chi connectivity index (χ1v) is 6.15. The Hall–Kier alpha value is -0.270. The van der Waals surface area contributed by atoms with Crippen LogP contribution in [-0.2, 0) is 16.7 Å². The molecule has 0 aromatic carbocycles. The molecule has 1 heterocycles. The molecule has 0 atom stereocenters. The van der Waals surface area contributed by atoms with Crippen molar-refractivity contribution in [2.75, 3.05) is 19.5 Å². The van der Waals surface area contributed by atoms with Gasteiger partial charge in [0.15, 0.2) is 5.69 Å². The van der Waals surface area contributed by atoms with Gasteiger partial charge < -0.3 is 4.74 Å². The van der Waals surface area contributed by atoms with Crippen LogP contribution in [0.3, 0.4) is 0 Å². The van der Waals surface area contributed by atoms with E-state index in [9.17, 15) is 13.2 Å². The molecule has 0 amide bonds. The Morgan fingerprint density at radius 1 is 1.53 bits per heavy atom. The van der Waals surface area contributed by atoms with Crippen LogP contribution in [0.5, 0.6) is 0 Å². The molecule has 0 aliphatic heterocycles. The van der Waals surface area contributed by atoms with Crippen LogP contribution in [0.25, 0.3) is 0 Å². The molecule has 15 heavy (non-hydrogen) atoms. The number of thioether (sulfide) groups is 1. The largest absolute Gasteiger partial charge is 0.434 e. The molecule has 2 nitrogen and oxygen atoms in total. The van der Waals surface area contributed by atoms with Gasteiger partial charge in [-0.25, -0.2) is 4.98 Å². The summed E-state index contributed by atoms with van der Waals surface area (Å²) in [5.74, 6) is 1.27. The molecule has 7 heteroatoms. The number of ether oxygens (including phenoxy) is 1. The standard InChI is InChI=1S/C8H10F3NOS2/c1-13-2-3-14-5-7-12-6(4-15-7)8(9,10)11/h4H,2-3,5H2,1H3. The average molecular weight is 257 g/mol. The molecule has 0 aliphatic rings. The van der Waals surface area contributed by atoms with Crippen LogP contribution in [0.1, 0.15) is 10.7 Å². The average Bonchev–Trinajstić information content (AvgIpc) is 2.60. The Morgan fingerprint density at radius 3 is 2.80 bits per heavy atom. The predicted molar refractivity (Wildman–Crippen MR) is 55.2 cm³/mol. The highest BCUT2D eigenvalue weighted by atomic mass is 32.2. The van der Waals surface area contributed by atoms with Crippen LogP contribution in [-0.4, -0.2) is 24.5 Å². The van der Waals surface area contributed by atoms with E-state index >= 15 is 0 Å². The van der Waals surface area contributed by atoms with Crippen molar-refractivity contribution in [2.24, 2.45) is 0 Å². The molecule has 0 saturated carbocycles. The van der Waals surface area contributed by atoms with Crippen LogP contribution >= 0.6 is 23.1 Å². The molecular formula is C8H10F3NOS2. The lowest BCUT2D eigenvalue weighted by molar-refractivity contribution is -0.140. The van der Waals surface area contributed by atoms with Gasteiger partial charge in [-0.2, -0.15) is 24.9 Å². The lowest BCUT2D eigenvalue weighted by Crippen LogP contribution is -2.05. The number of halogens is 3. The zero-order chi connectivity index (χ0) is 11.3. The Bertz CT molecular complexity index is 300. The Kier molecular flexibility index (Phi) is 4.88. The van der Waals surface area contributed by atoms with Crippen LogP contribution < -0.4 is 0 Å². The fourth-order valence-electron chi connectivity index (χ4n) is 0.809. The molecule has 1 aromatic rings. The summed E-state index contributed by atoms with van der Waals surface area (Å²) in [4.78, 5) is 3.51. The number of methoxy groups -OCH3 is 1. The number of thiazole rings is 1. The fraction of sp³-hybridized carbons (Fsp3) is 0.625. The predicted octanol–water partition coefficient (Wildman–Crippen LogP) is 3.04. The molecule has 1 rings (SSSR count). The van der Waals surface area contributed by atoms with E-state index in [4.69, 9.17) is 4.74 Å². The topological polar surface area (TPSA) is 22.1 Å². The van der Waals surface area contributed by atoms with Crippen LogP contribution in [0.4, 0.5) is 13.2 Å². The smallest absolute Gasteiger partial charge is 0.384 e. The van der Waals surface area contributed by atoms with Crippen LogP contribution in [0.15, 0.2) is 5.38 Å². The van der Waals surface area contributed by atoms with Gasteiger partial charge in [0.1, 0.15) is 5.01 Å². The van der Waals surface area contributed by atoms with Gasteiger partial charge in [0.2, 0.25) is 0 Å². The van der Waals surface area contributed by atoms with E-state index in [1.54, 1.807) is 7.11 Å². The van der Waals surface area contributed by atoms with Gasteiger partial charge in [-0.05, 0) is 0 Å². The van der Waals surface area contributed by atoms with Gasteiger partial charge in [0, 0.05) is 24.0 Å². The van der Waals surface area contributed by atoms with E-state index in [2.05, 4.69) is 4.98 Å². The summed E-state index contributed by atoms with van der Waals surface area (Å²) in [6.07, 6.45) is -4.33. The molecule has 0 spiro atoms. The van der Waals surface area contributed by atoms with Crippen molar-refractivity contribution in [1.29, 1.82) is 0 Å². The van der Waals surface area contributed by atoms with Gasteiger partial charge in [-0.3, -0.25) is 0 Å². The third-order valence-corrected chi connectivity index (χ3v) is 3.46. The quantitative estimate of drug-likeness (QED) is 0.757. The highest BCUT2D eigenvalue weighted by Gasteiger charge is 2.33. The maximum absolute atomic E-state index is 12.2. The third kappa shape index (κ3) is 4.40. The van der Waals surface area contributed by atoms with Gasteiger partial charge in [-0.15, -0.1) is 11.3 Å². The number of rotatable bonds is 5. The third-order valence-electron chi connectivity index (χ3n) is 1.50. The van der Waals surface area contributed by atoms with E-state index in [-0.39, 0.29) is 0 Å². The second-order valence-electron chi connectivity index (χ2n) is 2.67. The highest BCUT2D eigenvalue weighted by molar-refractivity contribution is 7.98. The van der Waals surface area contributed by atoms with Crippen molar-refractivity contribution in [1.82, 2.24) is 4.98 Å². The van der Waals surface area contributed by atoms with E-state index in [1.165, 1.54) is 11.8 Å². The first-order valence-electron chi connectivity index (χ1n) is 4.12. The molecule has 0 fully saturated rings. The summed E-state index contributed by atoms with van der Waals surface area (Å²) in [6.45, 7) is 0.599. The summed E-state index contributed by atoms with van der Waals surface area (Å²) >= 11 is 2.55. The van der Waals surface area contributed by atoms with Crippen molar-refractivity contribution >= 4 is 23.1 Å². The van der Waals surface area contributed by atoms with E-state index in [0.717, 1.165) is 22.5 Å². The Balaban J connectivity index is 2.40. The van der Waals surface area contributed by atoms with Crippen molar-refractivity contribution in [3.8, 4) is 0 Å². The summed E-state index contributed by atoms with van der Waals surface area (Å²) in [7, 11) is 1.59. The molecule has 0 N–H and O–H groups in total. The van der Waals surface area contributed by atoms with Crippen LogP contribution in [0.2, 0.25) is 0 Å². The Morgan fingerprint density at radius 2 is 2.27 bits per heavy atom. The zero-order valence-corrected chi connectivity index (χ0v) is 9.64. The summed E-state index contributed by atoms with van der Waals surface area (Å²) in [5.41, 5.74) is -0.796. The number of aromatic nitrogens is 1. The van der Waals surface area contributed by atoms with Crippen molar-refractivity contribution < 1.29 is 17.9 Å². The Labute approximate surface area is 93.8 Å². The highest BCUT2D eigenvalue weighted by Crippen LogP contribution is 2.30. The van der Waals surface area contributed by atoms with Gasteiger partial charge in [0.25, 0.3) is 0 Å². The zero-order valence-electron chi connectivity index (χ0n) is 8.00. The van der Waals surface area contributed by atoms with Crippen LogP contribution in [0, 0.1) is 0 Å². The van der Waals surface area contributed by atoms with Gasteiger partial charge in [-0.1, -0.05) is 0 Å². The molecule has 1 aromatic heterocycles. The minimum atomic E-state index is -4.33.